The Balaban J connectivity index is 2.34. The number of phenolic OH excluding ortho intramolecular Hbond substituents is 2. The van der Waals surface area contributed by atoms with Crippen LogP contribution in [-0.2, 0) is 11.2 Å². The normalized spacial score (nSPS) is 21.1. The molecule has 126 valence electrons. The van der Waals surface area contributed by atoms with Crippen molar-refractivity contribution in [3.05, 3.63) is 47.1 Å². The number of benzene rings is 1. The minimum absolute atomic E-state index is 0.0119. The minimum atomic E-state index is -0.0119. The molecule has 2 atom stereocenters. The second kappa shape index (κ2) is 7.69. The van der Waals surface area contributed by atoms with Gasteiger partial charge in [0.15, 0.2) is 0 Å². The molecule has 0 bridgehead atoms. The van der Waals surface area contributed by atoms with Crippen molar-refractivity contribution < 1.29 is 14.9 Å². The van der Waals surface area contributed by atoms with Crippen LogP contribution >= 0.6 is 0 Å². The highest BCUT2D eigenvalue weighted by molar-refractivity contribution is 5.51. The van der Waals surface area contributed by atoms with Crippen LogP contribution in [0.15, 0.2) is 35.9 Å². The van der Waals surface area contributed by atoms with E-state index < -0.39 is 0 Å². The highest BCUT2D eigenvalue weighted by Crippen LogP contribution is 2.46. The molecule has 0 radical (unpaired) electrons. The number of aromatic hydroxyl groups is 2. The van der Waals surface area contributed by atoms with Gasteiger partial charge in [-0.15, -0.1) is 0 Å². The Morgan fingerprint density at radius 3 is 2.52 bits per heavy atom. The lowest BCUT2D eigenvalue weighted by Gasteiger charge is -2.31. The first-order valence-corrected chi connectivity index (χ1v) is 8.39. The van der Waals surface area contributed by atoms with Gasteiger partial charge in [0.05, 0.1) is 6.61 Å². The zero-order valence-electron chi connectivity index (χ0n) is 14.4. The summed E-state index contributed by atoms with van der Waals surface area (Å²) in [6.45, 7) is 11.4. The van der Waals surface area contributed by atoms with Gasteiger partial charge in [0.25, 0.3) is 0 Å². The molecule has 23 heavy (non-hydrogen) atoms. The molecule has 1 aliphatic carbocycles. The molecule has 0 amide bonds. The molecule has 0 fully saturated rings. The van der Waals surface area contributed by atoms with Crippen molar-refractivity contribution in [1.82, 2.24) is 0 Å². The summed E-state index contributed by atoms with van der Waals surface area (Å²) < 4.78 is 5.34. The van der Waals surface area contributed by atoms with E-state index in [0.717, 1.165) is 24.0 Å². The number of ether oxygens (including phenoxy) is 1. The van der Waals surface area contributed by atoms with E-state index in [2.05, 4.69) is 19.6 Å². The van der Waals surface area contributed by atoms with E-state index in [1.165, 1.54) is 5.57 Å². The predicted octanol–water partition coefficient (Wildman–Crippen LogP) is 4.69. The van der Waals surface area contributed by atoms with Gasteiger partial charge in [0.1, 0.15) is 11.5 Å². The van der Waals surface area contributed by atoms with Gasteiger partial charge in [-0.25, -0.2) is 0 Å². The molecular formula is C20H28O3. The van der Waals surface area contributed by atoms with Gasteiger partial charge < -0.3 is 14.9 Å². The molecule has 0 aliphatic heterocycles. The van der Waals surface area contributed by atoms with Gasteiger partial charge in [-0.1, -0.05) is 23.8 Å². The first-order valence-electron chi connectivity index (χ1n) is 8.39. The lowest BCUT2D eigenvalue weighted by atomic mass is 9.73. The highest BCUT2D eigenvalue weighted by Gasteiger charge is 2.30. The van der Waals surface area contributed by atoms with E-state index in [0.29, 0.717) is 25.2 Å². The van der Waals surface area contributed by atoms with E-state index in [4.69, 9.17) is 4.74 Å². The fourth-order valence-corrected chi connectivity index (χ4v) is 3.41. The van der Waals surface area contributed by atoms with Gasteiger partial charge in [-0.05, 0) is 63.6 Å². The van der Waals surface area contributed by atoms with Crippen molar-refractivity contribution in [2.24, 2.45) is 5.92 Å². The van der Waals surface area contributed by atoms with E-state index in [1.54, 1.807) is 12.1 Å². The first kappa shape index (κ1) is 17.6. The monoisotopic (exact) mass is 316 g/mol. The molecule has 2 N–H and O–H groups in total. The molecule has 0 aromatic heterocycles. The smallest absolute Gasteiger partial charge is 0.123 e. The molecule has 0 heterocycles. The second-order valence-corrected chi connectivity index (χ2v) is 6.52. The van der Waals surface area contributed by atoms with Crippen molar-refractivity contribution in [3.8, 4) is 11.5 Å². The zero-order chi connectivity index (χ0) is 17.0. The van der Waals surface area contributed by atoms with Crippen molar-refractivity contribution >= 4 is 0 Å². The van der Waals surface area contributed by atoms with Crippen molar-refractivity contribution in [3.63, 3.8) is 0 Å². The molecule has 0 saturated heterocycles. The van der Waals surface area contributed by atoms with Gasteiger partial charge in [-0.2, -0.15) is 0 Å². The predicted molar refractivity (Wildman–Crippen MR) is 94.0 cm³/mol. The molecule has 2 rings (SSSR count). The number of phenols is 2. The fraction of sp³-hybridized carbons (Fsp3) is 0.500. The summed E-state index contributed by atoms with van der Waals surface area (Å²) in [7, 11) is 0. The maximum absolute atomic E-state index is 10.5. The van der Waals surface area contributed by atoms with Crippen LogP contribution in [0.25, 0.3) is 0 Å². The Morgan fingerprint density at radius 1 is 1.30 bits per heavy atom. The fourth-order valence-electron chi connectivity index (χ4n) is 3.41. The number of rotatable bonds is 6. The summed E-state index contributed by atoms with van der Waals surface area (Å²) in [5.74, 6) is 0.573. The third-order valence-electron chi connectivity index (χ3n) is 4.65. The molecule has 3 nitrogen and oxygen atoms in total. The average Bonchev–Trinajstić information content (AvgIpc) is 2.46. The van der Waals surface area contributed by atoms with Crippen LogP contribution in [0.3, 0.4) is 0 Å². The zero-order valence-corrected chi connectivity index (χ0v) is 14.4. The Hall–Kier alpha value is -1.74. The summed E-state index contributed by atoms with van der Waals surface area (Å²) >= 11 is 0. The van der Waals surface area contributed by atoms with Gasteiger partial charge in [-0.3, -0.25) is 0 Å². The Kier molecular flexibility index (Phi) is 5.89. The lowest BCUT2D eigenvalue weighted by molar-refractivity contribution is 0.151. The van der Waals surface area contributed by atoms with Crippen molar-refractivity contribution in [2.45, 2.75) is 46.0 Å². The number of hydrogen-bond donors (Lipinski definition) is 2. The summed E-state index contributed by atoms with van der Waals surface area (Å²) in [4.78, 5) is 0. The van der Waals surface area contributed by atoms with Crippen molar-refractivity contribution in [1.29, 1.82) is 0 Å². The third-order valence-corrected chi connectivity index (χ3v) is 4.65. The Morgan fingerprint density at radius 2 is 1.96 bits per heavy atom. The molecule has 3 heteroatoms. The topological polar surface area (TPSA) is 49.7 Å². The van der Waals surface area contributed by atoms with E-state index in [9.17, 15) is 10.2 Å². The van der Waals surface area contributed by atoms with E-state index in [1.807, 2.05) is 13.8 Å². The third kappa shape index (κ3) is 4.17. The summed E-state index contributed by atoms with van der Waals surface area (Å²) in [5, 5.41) is 21.0. The van der Waals surface area contributed by atoms with Gasteiger partial charge in [0, 0.05) is 18.1 Å². The quantitative estimate of drug-likeness (QED) is 0.591. The van der Waals surface area contributed by atoms with E-state index in [-0.39, 0.29) is 23.3 Å². The standard InChI is InChI=1S/C20H28O3/c1-5-23-9-8-15-11-18(21)20(19(22)12-15)17-10-14(4)6-7-16(17)13(2)3/h10-12,16-17,21-22H,2,5-9H2,1,3-4H3/t16-,17+/m0/s1. The maximum Gasteiger partial charge on any atom is 0.123 e. The van der Waals surface area contributed by atoms with Crippen LogP contribution in [0.2, 0.25) is 0 Å². The van der Waals surface area contributed by atoms with E-state index >= 15 is 0 Å². The molecule has 1 aliphatic rings. The SMILES string of the molecule is C=C(C)[C@@H]1CCC(C)=C[C@H]1c1c(O)cc(CCOCC)cc1O. The summed E-state index contributed by atoms with van der Waals surface area (Å²) in [5.41, 5.74) is 3.91. The largest absolute Gasteiger partial charge is 0.507 e. The molecule has 0 unspecified atom stereocenters. The van der Waals surface area contributed by atoms with Crippen LogP contribution in [-0.4, -0.2) is 23.4 Å². The Labute approximate surface area is 139 Å². The van der Waals surface area contributed by atoms with Crippen molar-refractivity contribution in [2.75, 3.05) is 13.2 Å². The molecule has 1 aromatic carbocycles. The molecule has 0 saturated carbocycles. The second-order valence-electron chi connectivity index (χ2n) is 6.52. The average molecular weight is 316 g/mol. The first-order chi connectivity index (χ1) is 10.9. The Bertz CT molecular complexity index is 578. The minimum Gasteiger partial charge on any atom is -0.507 e. The number of allylic oxidation sites excluding steroid dienone is 3. The van der Waals surface area contributed by atoms with Crippen LogP contribution in [0.5, 0.6) is 11.5 Å². The summed E-state index contributed by atoms with van der Waals surface area (Å²) in [6, 6.07) is 3.50. The number of hydrogen-bond acceptors (Lipinski definition) is 3. The van der Waals surface area contributed by atoms with Crippen LogP contribution in [0.4, 0.5) is 0 Å². The lowest BCUT2D eigenvalue weighted by Crippen LogP contribution is -2.17. The van der Waals surface area contributed by atoms with Crippen LogP contribution < -0.4 is 0 Å². The van der Waals surface area contributed by atoms with Crippen LogP contribution in [0, 0.1) is 5.92 Å². The maximum atomic E-state index is 10.5. The summed E-state index contributed by atoms with van der Waals surface area (Å²) in [6.07, 6.45) is 4.89. The van der Waals surface area contributed by atoms with Gasteiger partial charge >= 0.3 is 0 Å². The molecule has 1 aromatic rings. The molecule has 0 spiro atoms. The van der Waals surface area contributed by atoms with Gasteiger partial charge in [0.2, 0.25) is 0 Å². The molecular weight excluding hydrogens is 288 g/mol. The highest BCUT2D eigenvalue weighted by atomic mass is 16.5. The van der Waals surface area contributed by atoms with Crippen LogP contribution in [0.1, 0.15) is 50.7 Å².